The summed E-state index contributed by atoms with van der Waals surface area (Å²) in [5.74, 6) is 0. The molecule has 4 rings (SSSR count). The predicted octanol–water partition coefficient (Wildman–Crippen LogP) is 5.04. The summed E-state index contributed by atoms with van der Waals surface area (Å²) in [6, 6.07) is 23.7. The van der Waals surface area contributed by atoms with Gasteiger partial charge in [-0.3, -0.25) is 0 Å². The van der Waals surface area contributed by atoms with Gasteiger partial charge in [0.15, 0.2) is 0 Å². The highest BCUT2D eigenvalue weighted by molar-refractivity contribution is 9.10. The molecule has 1 aliphatic rings. The van der Waals surface area contributed by atoms with Gasteiger partial charge in [0, 0.05) is 10.9 Å². The largest absolute Gasteiger partial charge is 0.302 e. The van der Waals surface area contributed by atoms with Gasteiger partial charge in [0.05, 0.1) is 11.8 Å². The van der Waals surface area contributed by atoms with Crippen LogP contribution in [0.4, 0.5) is 0 Å². The summed E-state index contributed by atoms with van der Waals surface area (Å²) >= 11 is 3.47. The van der Waals surface area contributed by atoms with Crippen molar-refractivity contribution in [2.75, 3.05) is 0 Å². The standard InChI is InChI=1S/C19H15BrN2/c20-17-9-7-14(8-10-17)18-12-19(22-21-18)16-6-5-13-3-1-2-4-15(13)11-16/h1-11,19,22H,12H2. The Morgan fingerprint density at radius 1 is 0.909 bits per heavy atom. The van der Waals surface area contributed by atoms with Gasteiger partial charge in [-0.25, -0.2) is 0 Å². The van der Waals surface area contributed by atoms with Crippen LogP contribution in [0, 0.1) is 0 Å². The minimum Gasteiger partial charge on any atom is -0.302 e. The average Bonchev–Trinajstić information content (AvgIpc) is 3.05. The molecule has 0 radical (unpaired) electrons. The van der Waals surface area contributed by atoms with Crippen molar-refractivity contribution >= 4 is 32.4 Å². The van der Waals surface area contributed by atoms with E-state index in [1.807, 2.05) is 0 Å². The van der Waals surface area contributed by atoms with Crippen LogP contribution in [0.15, 0.2) is 76.3 Å². The topological polar surface area (TPSA) is 24.4 Å². The van der Waals surface area contributed by atoms with Crippen LogP contribution in [-0.4, -0.2) is 5.71 Å². The van der Waals surface area contributed by atoms with Gasteiger partial charge in [-0.05, 0) is 40.1 Å². The molecule has 3 heteroatoms. The molecule has 0 spiro atoms. The van der Waals surface area contributed by atoms with Crippen LogP contribution in [0.3, 0.4) is 0 Å². The molecule has 2 nitrogen and oxygen atoms in total. The van der Waals surface area contributed by atoms with Crippen LogP contribution in [-0.2, 0) is 0 Å². The van der Waals surface area contributed by atoms with Crippen molar-refractivity contribution < 1.29 is 0 Å². The zero-order chi connectivity index (χ0) is 14.9. The zero-order valence-electron chi connectivity index (χ0n) is 12.0. The maximum absolute atomic E-state index is 4.52. The van der Waals surface area contributed by atoms with Crippen molar-refractivity contribution in [2.24, 2.45) is 5.10 Å². The molecule has 1 unspecified atom stereocenters. The van der Waals surface area contributed by atoms with E-state index in [1.54, 1.807) is 0 Å². The first-order chi connectivity index (χ1) is 10.8. The second kappa shape index (κ2) is 5.58. The van der Waals surface area contributed by atoms with Crippen LogP contribution >= 0.6 is 15.9 Å². The lowest BCUT2D eigenvalue weighted by molar-refractivity contribution is 0.621. The second-order valence-electron chi connectivity index (χ2n) is 5.56. The molecule has 1 aliphatic heterocycles. The molecule has 1 heterocycles. The molecule has 1 N–H and O–H groups in total. The van der Waals surface area contributed by atoms with E-state index in [9.17, 15) is 0 Å². The number of halogens is 1. The normalized spacial score (nSPS) is 17.3. The third-order valence-electron chi connectivity index (χ3n) is 4.11. The fraction of sp³-hybridized carbons (Fsp3) is 0.105. The lowest BCUT2D eigenvalue weighted by atomic mass is 9.97. The quantitative estimate of drug-likeness (QED) is 0.687. The minimum absolute atomic E-state index is 0.253. The summed E-state index contributed by atoms with van der Waals surface area (Å²) in [7, 11) is 0. The molecule has 108 valence electrons. The third kappa shape index (κ3) is 2.53. The third-order valence-corrected chi connectivity index (χ3v) is 4.63. The molecule has 0 aliphatic carbocycles. The Balaban J connectivity index is 1.58. The molecule has 1 atom stereocenters. The number of fused-ring (bicyclic) bond motifs is 1. The molecule has 0 saturated heterocycles. The maximum Gasteiger partial charge on any atom is 0.0746 e. The maximum atomic E-state index is 4.52. The van der Waals surface area contributed by atoms with Crippen molar-refractivity contribution in [3.8, 4) is 0 Å². The van der Waals surface area contributed by atoms with Crippen molar-refractivity contribution in [3.05, 3.63) is 82.3 Å². The Morgan fingerprint density at radius 2 is 1.68 bits per heavy atom. The summed E-state index contributed by atoms with van der Waals surface area (Å²) in [5.41, 5.74) is 6.86. The van der Waals surface area contributed by atoms with Crippen LogP contribution in [0.1, 0.15) is 23.6 Å². The highest BCUT2D eigenvalue weighted by Crippen LogP contribution is 2.27. The molecule has 0 amide bonds. The Hall–Kier alpha value is -2.13. The molecule has 3 aromatic rings. The number of hydrazone groups is 1. The van der Waals surface area contributed by atoms with Gasteiger partial charge < -0.3 is 5.43 Å². The first-order valence-electron chi connectivity index (χ1n) is 7.36. The number of rotatable bonds is 2. The van der Waals surface area contributed by atoms with Crippen molar-refractivity contribution in [1.29, 1.82) is 0 Å². The zero-order valence-corrected chi connectivity index (χ0v) is 13.5. The molecular weight excluding hydrogens is 336 g/mol. The minimum atomic E-state index is 0.253. The van der Waals surface area contributed by atoms with Gasteiger partial charge in [0.2, 0.25) is 0 Å². The lowest BCUT2D eigenvalue weighted by Gasteiger charge is -2.11. The number of hydrogen-bond acceptors (Lipinski definition) is 2. The smallest absolute Gasteiger partial charge is 0.0746 e. The number of nitrogens with one attached hydrogen (secondary N) is 1. The molecule has 0 aromatic heterocycles. The van der Waals surface area contributed by atoms with Gasteiger partial charge in [0.1, 0.15) is 0 Å². The van der Waals surface area contributed by atoms with Crippen molar-refractivity contribution in [3.63, 3.8) is 0 Å². The average molecular weight is 351 g/mol. The SMILES string of the molecule is Brc1ccc(C2=NNC(c3ccc4ccccc4c3)C2)cc1. The highest BCUT2D eigenvalue weighted by atomic mass is 79.9. The fourth-order valence-corrected chi connectivity index (χ4v) is 3.15. The summed E-state index contributed by atoms with van der Waals surface area (Å²) in [6.07, 6.45) is 0.917. The highest BCUT2D eigenvalue weighted by Gasteiger charge is 2.21. The van der Waals surface area contributed by atoms with Gasteiger partial charge in [-0.2, -0.15) is 5.10 Å². The number of hydrogen-bond donors (Lipinski definition) is 1. The molecular formula is C19H15BrN2. The Morgan fingerprint density at radius 3 is 2.50 bits per heavy atom. The summed E-state index contributed by atoms with van der Waals surface area (Å²) < 4.78 is 1.09. The molecule has 0 fully saturated rings. The van der Waals surface area contributed by atoms with Crippen molar-refractivity contribution in [2.45, 2.75) is 12.5 Å². The molecule has 3 aromatic carbocycles. The molecule has 0 saturated carbocycles. The van der Waals surface area contributed by atoms with Gasteiger partial charge in [0.25, 0.3) is 0 Å². The monoisotopic (exact) mass is 350 g/mol. The fourth-order valence-electron chi connectivity index (χ4n) is 2.88. The summed E-state index contributed by atoms with van der Waals surface area (Å²) in [5, 5.41) is 7.08. The van der Waals surface area contributed by atoms with Gasteiger partial charge in [-0.1, -0.05) is 64.5 Å². The van der Waals surface area contributed by atoms with Crippen LogP contribution in [0.25, 0.3) is 10.8 Å². The number of benzene rings is 3. The van der Waals surface area contributed by atoms with Crippen LogP contribution < -0.4 is 5.43 Å². The predicted molar refractivity (Wildman–Crippen MR) is 95.1 cm³/mol. The number of nitrogens with zero attached hydrogens (tertiary/aromatic N) is 1. The van der Waals surface area contributed by atoms with E-state index in [2.05, 4.69) is 93.2 Å². The summed E-state index contributed by atoms with van der Waals surface area (Å²) in [6.45, 7) is 0. The van der Waals surface area contributed by atoms with E-state index in [-0.39, 0.29) is 6.04 Å². The van der Waals surface area contributed by atoms with Crippen molar-refractivity contribution in [1.82, 2.24) is 5.43 Å². The molecule has 0 bridgehead atoms. The second-order valence-corrected chi connectivity index (χ2v) is 6.47. The van der Waals surface area contributed by atoms with E-state index in [1.165, 1.54) is 21.9 Å². The first kappa shape index (κ1) is 13.5. The van der Waals surface area contributed by atoms with Crippen LogP contribution in [0.2, 0.25) is 0 Å². The first-order valence-corrected chi connectivity index (χ1v) is 8.16. The summed E-state index contributed by atoms with van der Waals surface area (Å²) in [4.78, 5) is 0. The van der Waals surface area contributed by atoms with Gasteiger partial charge >= 0.3 is 0 Å². The van der Waals surface area contributed by atoms with Crippen LogP contribution in [0.5, 0.6) is 0 Å². The molecule has 22 heavy (non-hydrogen) atoms. The van der Waals surface area contributed by atoms with E-state index >= 15 is 0 Å². The van der Waals surface area contributed by atoms with Gasteiger partial charge in [-0.15, -0.1) is 0 Å². The van der Waals surface area contributed by atoms with E-state index in [0.717, 1.165) is 16.6 Å². The Labute approximate surface area is 138 Å². The van der Waals surface area contributed by atoms with E-state index in [0.29, 0.717) is 0 Å². The Bertz CT molecular complexity index is 853. The van der Waals surface area contributed by atoms with E-state index < -0.39 is 0 Å². The Kier molecular flexibility index (Phi) is 3.43. The van der Waals surface area contributed by atoms with E-state index in [4.69, 9.17) is 0 Å². The lowest BCUT2D eigenvalue weighted by Crippen LogP contribution is -2.09.